The second kappa shape index (κ2) is 8.80. The van der Waals surface area contributed by atoms with Crippen molar-refractivity contribution in [2.24, 2.45) is 0 Å². The van der Waals surface area contributed by atoms with Crippen molar-refractivity contribution in [3.8, 4) is 5.75 Å². The number of benzene rings is 2. The number of rotatable bonds is 7. The van der Waals surface area contributed by atoms with Gasteiger partial charge >= 0.3 is 0 Å². The van der Waals surface area contributed by atoms with Crippen LogP contribution >= 0.6 is 0 Å². The van der Waals surface area contributed by atoms with Crippen LogP contribution in [0.1, 0.15) is 29.9 Å². The fourth-order valence-electron chi connectivity index (χ4n) is 2.44. The molecular weight excluding hydrogens is 340 g/mol. The molecule has 1 aromatic heterocycles. The molecule has 3 aromatic rings. The predicted octanol–water partition coefficient (Wildman–Crippen LogP) is 3.94. The van der Waals surface area contributed by atoms with Gasteiger partial charge in [-0.05, 0) is 31.5 Å². The Hall–Kier alpha value is -3.41. The van der Waals surface area contributed by atoms with E-state index in [-0.39, 0.29) is 17.7 Å². The van der Waals surface area contributed by atoms with E-state index in [0.29, 0.717) is 12.4 Å². The van der Waals surface area contributed by atoms with E-state index in [1.54, 1.807) is 0 Å². The molecule has 27 heavy (non-hydrogen) atoms. The Morgan fingerprint density at radius 3 is 2.44 bits per heavy atom. The van der Waals surface area contributed by atoms with Gasteiger partial charge < -0.3 is 15.4 Å². The predicted molar refractivity (Wildman–Crippen MR) is 105 cm³/mol. The topological polar surface area (TPSA) is 76.1 Å². The largest absolute Gasteiger partial charge is 0.489 e. The van der Waals surface area contributed by atoms with Gasteiger partial charge in [0.15, 0.2) is 0 Å². The first-order chi connectivity index (χ1) is 13.1. The van der Waals surface area contributed by atoms with Crippen molar-refractivity contribution in [3.63, 3.8) is 0 Å². The number of ether oxygens (including phenoxy) is 1. The maximum absolute atomic E-state index is 12.2. The first-order valence-electron chi connectivity index (χ1n) is 8.78. The van der Waals surface area contributed by atoms with Crippen LogP contribution in [0.2, 0.25) is 0 Å². The van der Waals surface area contributed by atoms with Crippen LogP contribution in [0.3, 0.4) is 0 Å². The van der Waals surface area contributed by atoms with E-state index in [1.807, 2.05) is 68.4 Å². The molecule has 0 atom stereocenters. The van der Waals surface area contributed by atoms with Gasteiger partial charge in [-0.1, -0.05) is 42.5 Å². The van der Waals surface area contributed by atoms with Crippen molar-refractivity contribution in [1.82, 2.24) is 15.3 Å². The molecule has 1 amide bonds. The van der Waals surface area contributed by atoms with Crippen molar-refractivity contribution in [2.75, 3.05) is 5.32 Å². The Balaban J connectivity index is 1.63. The molecule has 2 aromatic carbocycles. The highest BCUT2D eigenvalue weighted by molar-refractivity contribution is 5.92. The molecule has 0 spiro atoms. The minimum Gasteiger partial charge on any atom is -0.489 e. The van der Waals surface area contributed by atoms with E-state index in [0.717, 1.165) is 17.0 Å². The van der Waals surface area contributed by atoms with Gasteiger partial charge in [-0.15, -0.1) is 0 Å². The number of nitrogens with zero attached hydrogens (tertiary/aromatic N) is 2. The summed E-state index contributed by atoms with van der Waals surface area (Å²) in [4.78, 5) is 20.7. The standard InChI is InChI=1S/C21H22N4O2/c1-15(2)27-19-11-7-6-10-17(19)25-20-14-22-18(13-23-20)21(26)24-12-16-8-4-3-5-9-16/h3-11,13-15H,12H2,1-2H3,(H,23,25)(H,24,26). The molecule has 3 rings (SSSR count). The third-order valence-electron chi connectivity index (χ3n) is 3.69. The molecule has 0 fully saturated rings. The molecule has 6 nitrogen and oxygen atoms in total. The molecule has 138 valence electrons. The van der Waals surface area contributed by atoms with Crippen molar-refractivity contribution in [2.45, 2.75) is 26.5 Å². The molecule has 6 heteroatoms. The summed E-state index contributed by atoms with van der Waals surface area (Å²) in [6.07, 6.45) is 3.05. The number of amides is 1. The molecule has 0 radical (unpaired) electrons. The Kier molecular flexibility index (Phi) is 5.99. The molecule has 0 unspecified atom stereocenters. The van der Waals surface area contributed by atoms with Gasteiger partial charge in [0.25, 0.3) is 5.91 Å². The third-order valence-corrected chi connectivity index (χ3v) is 3.69. The Morgan fingerprint density at radius 1 is 1.00 bits per heavy atom. The lowest BCUT2D eigenvalue weighted by Gasteiger charge is -2.15. The van der Waals surface area contributed by atoms with Crippen LogP contribution in [0.4, 0.5) is 11.5 Å². The number of hydrogen-bond donors (Lipinski definition) is 2. The molecule has 0 aliphatic heterocycles. The summed E-state index contributed by atoms with van der Waals surface area (Å²) < 4.78 is 5.78. The molecular formula is C21H22N4O2. The van der Waals surface area contributed by atoms with E-state index in [1.165, 1.54) is 12.4 Å². The number of para-hydroxylation sites is 2. The van der Waals surface area contributed by atoms with Crippen LogP contribution in [0.5, 0.6) is 5.75 Å². The van der Waals surface area contributed by atoms with Gasteiger partial charge in [-0.25, -0.2) is 9.97 Å². The van der Waals surface area contributed by atoms with E-state index in [4.69, 9.17) is 4.74 Å². The average Bonchev–Trinajstić information content (AvgIpc) is 2.69. The van der Waals surface area contributed by atoms with E-state index in [2.05, 4.69) is 20.6 Å². The van der Waals surface area contributed by atoms with Gasteiger partial charge in [-0.3, -0.25) is 4.79 Å². The van der Waals surface area contributed by atoms with Crippen LogP contribution in [-0.2, 0) is 6.54 Å². The van der Waals surface area contributed by atoms with Gasteiger partial charge in [-0.2, -0.15) is 0 Å². The summed E-state index contributed by atoms with van der Waals surface area (Å²) in [7, 11) is 0. The summed E-state index contributed by atoms with van der Waals surface area (Å²) in [5.41, 5.74) is 2.09. The van der Waals surface area contributed by atoms with Crippen molar-refractivity contribution in [1.29, 1.82) is 0 Å². The number of nitrogens with one attached hydrogen (secondary N) is 2. The molecule has 1 heterocycles. The number of carbonyl (C=O) groups excluding carboxylic acids is 1. The number of hydrogen-bond acceptors (Lipinski definition) is 5. The molecule has 2 N–H and O–H groups in total. The smallest absolute Gasteiger partial charge is 0.271 e. The quantitative estimate of drug-likeness (QED) is 0.666. The zero-order valence-electron chi connectivity index (χ0n) is 15.3. The third kappa shape index (κ3) is 5.28. The fourth-order valence-corrected chi connectivity index (χ4v) is 2.44. The van der Waals surface area contributed by atoms with Crippen LogP contribution in [0.25, 0.3) is 0 Å². The van der Waals surface area contributed by atoms with Crippen LogP contribution in [0.15, 0.2) is 67.0 Å². The fraction of sp³-hybridized carbons (Fsp3) is 0.190. The van der Waals surface area contributed by atoms with Gasteiger partial charge in [0.1, 0.15) is 17.3 Å². The Morgan fingerprint density at radius 2 is 1.74 bits per heavy atom. The molecule has 0 saturated heterocycles. The summed E-state index contributed by atoms with van der Waals surface area (Å²) in [6.45, 7) is 4.39. The number of aromatic nitrogens is 2. The number of carbonyl (C=O) groups is 1. The SMILES string of the molecule is CC(C)Oc1ccccc1Nc1cnc(C(=O)NCc2ccccc2)cn1. The highest BCUT2D eigenvalue weighted by atomic mass is 16.5. The normalized spacial score (nSPS) is 10.5. The first-order valence-corrected chi connectivity index (χ1v) is 8.78. The second-order valence-electron chi connectivity index (χ2n) is 6.24. The molecule has 0 bridgehead atoms. The summed E-state index contributed by atoms with van der Waals surface area (Å²) in [6, 6.07) is 17.3. The number of anilines is 2. The van der Waals surface area contributed by atoms with Crippen molar-refractivity contribution in [3.05, 3.63) is 78.2 Å². The minimum absolute atomic E-state index is 0.0646. The van der Waals surface area contributed by atoms with Gasteiger partial charge in [0.05, 0.1) is 24.2 Å². The van der Waals surface area contributed by atoms with Crippen LogP contribution in [-0.4, -0.2) is 22.0 Å². The maximum atomic E-state index is 12.2. The zero-order valence-corrected chi connectivity index (χ0v) is 15.3. The highest BCUT2D eigenvalue weighted by Crippen LogP contribution is 2.27. The first kappa shape index (κ1) is 18.4. The average molecular weight is 362 g/mol. The van der Waals surface area contributed by atoms with Crippen molar-refractivity contribution < 1.29 is 9.53 Å². The van der Waals surface area contributed by atoms with E-state index >= 15 is 0 Å². The van der Waals surface area contributed by atoms with Crippen molar-refractivity contribution >= 4 is 17.4 Å². The molecule has 0 aliphatic rings. The van der Waals surface area contributed by atoms with Crippen LogP contribution in [0, 0.1) is 0 Å². The Bertz CT molecular complexity index is 880. The van der Waals surface area contributed by atoms with Gasteiger partial charge in [0.2, 0.25) is 0 Å². The van der Waals surface area contributed by atoms with Gasteiger partial charge in [0, 0.05) is 6.54 Å². The second-order valence-corrected chi connectivity index (χ2v) is 6.24. The van der Waals surface area contributed by atoms with Crippen LogP contribution < -0.4 is 15.4 Å². The lowest BCUT2D eigenvalue weighted by Crippen LogP contribution is -2.24. The zero-order chi connectivity index (χ0) is 19.1. The lowest BCUT2D eigenvalue weighted by molar-refractivity contribution is 0.0945. The minimum atomic E-state index is -0.263. The summed E-state index contributed by atoms with van der Waals surface area (Å²) in [5, 5.41) is 6.00. The van der Waals surface area contributed by atoms with E-state index < -0.39 is 0 Å². The van der Waals surface area contributed by atoms with E-state index in [9.17, 15) is 4.79 Å². The summed E-state index contributed by atoms with van der Waals surface area (Å²) in [5.74, 6) is 1.01. The lowest BCUT2D eigenvalue weighted by atomic mass is 10.2. The maximum Gasteiger partial charge on any atom is 0.271 e. The summed E-state index contributed by atoms with van der Waals surface area (Å²) >= 11 is 0. The molecule has 0 aliphatic carbocycles. The monoisotopic (exact) mass is 362 g/mol. The highest BCUT2D eigenvalue weighted by Gasteiger charge is 2.09. The molecule has 0 saturated carbocycles. The Labute approximate surface area is 158 Å².